The summed E-state index contributed by atoms with van der Waals surface area (Å²) >= 11 is 1.01. The molecule has 0 radical (unpaired) electrons. The molecule has 2 fully saturated rings. The monoisotopic (exact) mass is 365 g/mol. The van der Waals surface area contributed by atoms with Crippen LogP contribution in [-0.2, 0) is 11.3 Å². The molecule has 0 atom stereocenters. The number of carbonyl (C=O) groups excluding carboxylic acids is 3. The second kappa shape index (κ2) is 7.22. The SMILES string of the molecule is COc1ccc(CNC(=O)N2CC(N3C(=O)CSC3=O)C2)cc1OC. The number of urea groups is 1. The van der Waals surface area contributed by atoms with Crippen molar-refractivity contribution in [1.82, 2.24) is 15.1 Å². The maximum Gasteiger partial charge on any atom is 0.317 e. The van der Waals surface area contributed by atoms with Crippen LogP contribution in [-0.4, -0.2) is 66.1 Å². The fourth-order valence-electron chi connectivity index (χ4n) is 2.78. The predicted molar refractivity (Wildman–Crippen MR) is 91.8 cm³/mol. The molecule has 0 spiro atoms. The first kappa shape index (κ1) is 17.4. The molecule has 2 saturated heterocycles. The molecule has 25 heavy (non-hydrogen) atoms. The number of nitrogens with zero attached hydrogens (tertiary/aromatic N) is 2. The van der Waals surface area contributed by atoms with Crippen LogP contribution in [0.2, 0.25) is 0 Å². The van der Waals surface area contributed by atoms with Gasteiger partial charge in [0.2, 0.25) is 5.91 Å². The van der Waals surface area contributed by atoms with Crippen LogP contribution >= 0.6 is 11.8 Å². The quantitative estimate of drug-likeness (QED) is 0.846. The van der Waals surface area contributed by atoms with Crippen LogP contribution < -0.4 is 14.8 Å². The van der Waals surface area contributed by atoms with E-state index >= 15 is 0 Å². The molecule has 2 aliphatic heterocycles. The number of ether oxygens (including phenoxy) is 2. The summed E-state index contributed by atoms with van der Waals surface area (Å²) in [6, 6.07) is 5.00. The molecule has 0 unspecified atom stereocenters. The summed E-state index contributed by atoms with van der Waals surface area (Å²) in [5, 5.41) is 2.60. The summed E-state index contributed by atoms with van der Waals surface area (Å²) in [4.78, 5) is 38.3. The van der Waals surface area contributed by atoms with Gasteiger partial charge in [0.05, 0.1) is 26.0 Å². The largest absolute Gasteiger partial charge is 0.493 e. The summed E-state index contributed by atoms with van der Waals surface area (Å²) in [6.07, 6.45) is 0. The number of hydrogen-bond acceptors (Lipinski definition) is 6. The highest BCUT2D eigenvalue weighted by Gasteiger charge is 2.43. The highest BCUT2D eigenvalue weighted by atomic mass is 32.2. The van der Waals surface area contributed by atoms with Gasteiger partial charge in [-0.3, -0.25) is 14.5 Å². The summed E-state index contributed by atoms with van der Waals surface area (Å²) in [7, 11) is 3.12. The lowest BCUT2D eigenvalue weighted by Gasteiger charge is -2.42. The Balaban J connectivity index is 1.49. The molecule has 2 aliphatic rings. The van der Waals surface area contributed by atoms with Crippen LogP contribution in [0, 0.1) is 0 Å². The minimum atomic E-state index is -0.224. The number of benzene rings is 1. The zero-order valence-corrected chi connectivity index (χ0v) is 14.8. The lowest BCUT2D eigenvalue weighted by molar-refractivity contribution is -0.128. The molecule has 2 heterocycles. The van der Waals surface area contributed by atoms with Gasteiger partial charge in [0, 0.05) is 19.6 Å². The number of methoxy groups -OCH3 is 2. The van der Waals surface area contributed by atoms with E-state index in [1.54, 1.807) is 31.3 Å². The standard InChI is InChI=1S/C16H19N3O5S/c1-23-12-4-3-10(5-13(12)24-2)6-17-15(21)18-7-11(8-18)19-14(20)9-25-16(19)22/h3-5,11H,6-9H2,1-2H3,(H,17,21). The van der Waals surface area contributed by atoms with E-state index in [-0.39, 0.29) is 29.0 Å². The average Bonchev–Trinajstić information content (AvgIpc) is 2.90. The molecule has 1 N–H and O–H groups in total. The Bertz CT molecular complexity index is 689. The number of carbonyl (C=O) groups is 3. The average molecular weight is 365 g/mol. The van der Waals surface area contributed by atoms with Gasteiger partial charge in [-0.1, -0.05) is 17.8 Å². The number of thioether (sulfide) groups is 1. The second-order valence-electron chi connectivity index (χ2n) is 5.73. The number of rotatable bonds is 5. The van der Waals surface area contributed by atoms with Crippen molar-refractivity contribution < 1.29 is 23.9 Å². The zero-order chi connectivity index (χ0) is 18.0. The Kier molecular flexibility index (Phi) is 5.03. The van der Waals surface area contributed by atoms with Crippen molar-refractivity contribution in [1.29, 1.82) is 0 Å². The van der Waals surface area contributed by atoms with Crippen molar-refractivity contribution in [2.75, 3.05) is 33.1 Å². The molecular weight excluding hydrogens is 346 g/mol. The molecule has 1 aromatic carbocycles. The van der Waals surface area contributed by atoms with E-state index in [1.165, 1.54) is 4.90 Å². The smallest absolute Gasteiger partial charge is 0.317 e. The highest BCUT2D eigenvalue weighted by molar-refractivity contribution is 8.14. The molecule has 9 heteroatoms. The zero-order valence-electron chi connectivity index (χ0n) is 14.0. The van der Waals surface area contributed by atoms with Crippen LogP contribution in [0.3, 0.4) is 0 Å². The van der Waals surface area contributed by atoms with Gasteiger partial charge in [0.25, 0.3) is 5.24 Å². The third-order valence-electron chi connectivity index (χ3n) is 4.19. The first-order chi connectivity index (χ1) is 12.0. The maximum atomic E-state index is 12.2. The molecule has 0 bridgehead atoms. The van der Waals surface area contributed by atoms with E-state index < -0.39 is 0 Å². The first-order valence-corrected chi connectivity index (χ1v) is 8.74. The van der Waals surface area contributed by atoms with Crippen molar-refractivity contribution in [3.05, 3.63) is 23.8 Å². The van der Waals surface area contributed by atoms with Gasteiger partial charge in [0.15, 0.2) is 11.5 Å². The Labute approximate surface area is 149 Å². The molecule has 0 aliphatic carbocycles. The lowest BCUT2D eigenvalue weighted by Crippen LogP contribution is -2.63. The van der Waals surface area contributed by atoms with E-state index in [4.69, 9.17) is 9.47 Å². The Morgan fingerprint density at radius 1 is 1.24 bits per heavy atom. The minimum absolute atomic E-state index is 0.176. The highest BCUT2D eigenvalue weighted by Crippen LogP contribution is 2.28. The fourth-order valence-corrected chi connectivity index (χ4v) is 3.56. The van der Waals surface area contributed by atoms with Crippen LogP contribution in [0.25, 0.3) is 0 Å². The molecule has 4 amide bonds. The van der Waals surface area contributed by atoms with Crippen LogP contribution in [0.1, 0.15) is 5.56 Å². The van der Waals surface area contributed by atoms with Gasteiger partial charge in [-0.05, 0) is 17.7 Å². The second-order valence-corrected chi connectivity index (χ2v) is 6.65. The van der Waals surface area contributed by atoms with E-state index in [1.807, 2.05) is 6.07 Å². The van der Waals surface area contributed by atoms with Crippen LogP contribution in [0.4, 0.5) is 9.59 Å². The van der Waals surface area contributed by atoms with Gasteiger partial charge in [-0.25, -0.2) is 4.79 Å². The van der Waals surface area contributed by atoms with Gasteiger partial charge >= 0.3 is 6.03 Å². The van der Waals surface area contributed by atoms with Gasteiger partial charge in [-0.2, -0.15) is 0 Å². The van der Waals surface area contributed by atoms with Crippen molar-refractivity contribution in [3.8, 4) is 11.5 Å². The van der Waals surface area contributed by atoms with Crippen molar-refractivity contribution in [3.63, 3.8) is 0 Å². The number of likely N-dealkylation sites (tertiary alicyclic amines) is 1. The lowest BCUT2D eigenvalue weighted by atomic mass is 10.1. The Morgan fingerprint density at radius 2 is 1.96 bits per heavy atom. The van der Waals surface area contributed by atoms with Crippen LogP contribution in [0.15, 0.2) is 18.2 Å². The molecule has 8 nitrogen and oxygen atoms in total. The molecule has 1 aromatic rings. The molecule has 134 valence electrons. The normalized spacial score (nSPS) is 17.5. The number of imide groups is 1. The summed E-state index contributed by atoms with van der Waals surface area (Å²) in [5.74, 6) is 1.24. The van der Waals surface area contributed by atoms with Crippen molar-refractivity contribution >= 4 is 28.9 Å². The molecule has 0 saturated carbocycles. The summed E-state index contributed by atoms with van der Waals surface area (Å²) in [5.41, 5.74) is 0.879. The van der Waals surface area contributed by atoms with Gasteiger partial charge < -0.3 is 19.7 Å². The number of hydrogen-bond donors (Lipinski definition) is 1. The third kappa shape index (κ3) is 3.51. The van der Waals surface area contributed by atoms with Gasteiger partial charge in [-0.15, -0.1) is 0 Å². The number of amides is 4. The maximum absolute atomic E-state index is 12.2. The summed E-state index contributed by atoms with van der Waals surface area (Å²) in [6.45, 7) is 1.09. The summed E-state index contributed by atoms with van der Waals surface area (Å²) < 4.78 is 10.4. The molecule has 3 rings (SSSR count). The molecular formula is C16H19N3O5S. The van der Waals surface area contributed by atoms with E-state index in [2.05, 4.69) is 5.32 Å². The first-order valence-electron chi connectivity index (χ1n) is 7.76. The minimum Gasteiger partial charge on any atom is -0.493 e. The van der Waals surface area contributed by atoms with Crippen LogP contribution in [0.5, 0.6) is 11.5 Å². The Hall–Kier alpha value is -2.42. The van der Waals surface area contributed by atoms with E-state index in [9.17, 15) is 14.4 Å². The fraction of sp³-hybridized carbons (Fsp3) is 0.438. The third-order valence-corrected chi connectivity index (χ3v) is 5.03. The topological polar surface area (TPSA) is 88.2 Å². The van der Waals surface area contributed by atoms with E-state index in [0.717, 1.165) is 17.3 Å². The molecule has 0 aromatic heterocycles. The van der Waals surface area contributed by atoms with E-state index in [0.29, 0.717) is 31.1 Å². The van der Waals surface area contributed by atoms with Crippen molar-refractivity contribution in [2.24, 2.45) is 0 Å². The number of nitrogens with one attached hydrogen (secondary N) is 1. The Morgan fingerprint density at radius 3 is 2.56 bits per heavy atom. The predicted octanol–water partition coefficient (Wildman–Crippen LogP) is 1.29. The van der Waals surface area contributed by atoms with Crippen molar-refractivity contribution in [2.45, 2.75) is 12.6 Å². The van der Waals surface area contributed by atoms with Gasteiger partial charge in [0.1, 0.15) is 0 Å².